The van der Waals surface area contributed by atoms with Crippen LogP contribution in [0.5, 0.6) is 0 Å². The highest BCUT2D eigenvalue weighted by Crippen LogP contribution is 2.40. The molecule has 9 heteroatoms. The molecule has 0 bridgehead atoms. The van der Waals surface area contributed by atoms with E-state index in [1.165, 1.54) is 18.2 Å². The Balaban J connectivity index is 2.24. The molecule has 0 fully saturated rings. The summed E-state index contributed by atoms with van der Waals surface area (Å²) in [4.78, 5) is 30.0. The lowest BCUT2D eigenvalue weighted by molar-refractivity contribution is -0.138. The van der Waals surface area contributed by atoms with Gasteiger partial charge in [0.1, 0.15) is 5.82 Å². The predicted molar refractivity (Wildman–Crippen MR) is 75.8 cm³/mol. The second-order valence-electron chi connectivity index (χ2n) is 5.10. The van der Waals surface area contributed by atoms with Crippen molar-refractivity contribution < 1.29 is 18.0 Å². The Morgan fingerprint density at radius 3 is 2.61 bits per heavy atom. The number of amides is 1. The van der Waals surface area contributed by atoms with Gasteiger partial charge in [0, 0.05) is 12.3 Å². The zero-order valence-corrected chi connectivity index (χ0v) is 11.6. The Bertz CT molecular complexity index is 845. The summed E-state index contributed by atoms with van der Waals surface area (Å²) < 4.78 is 39.7. The van der Waals surface area contributed by atoms with Crippen molar-refractivity contribution in [2.75, 3.05) is 11.1 Å². The molecule has 2 heterocycles. The van der Waals surface area contributed by atoms with Crippen LogP contribution in [0.4, 0.5) is 24.9 Å². The monoisotopic (exact) mass is 324 g/mol. The molecule has 4 N–H and O–H groups in total. The van der Waals surface area contributed by atoms with Crippen LogP contribution in [0.1, 0.15) is 29.0 Å². The number of rotatable bonds is 1. The lowest BCUT2D eigenvalue weighted by Gasteiger charge is -2.26. The Kier molecular flexibility index (Phi) is 3.35. The van der Waals surface area contributed by atoms with Crippen molar-refractivity contribution in [2.24, 2.45) is 0 Å². The fourth-order valence-corrected chi connectivity index (χ4v) is 2.71. The van der Waals surface area contributed by atoms with Gasteiger partial charge in [0.15, 0.2) is 0 Å². The van der Waals surface area contributed by atoms with Crippen LogP contribution in [-0.4, -0.2) is 15.9 Å². The Morgan fingerprint density at radius 2 is 1.91 bits per heavy atom. The fraction of sp³-hybridized carbons (Fsp3) is 0.214. The minimum atomic E-state index is -4.60. The van der Waals surface area contributed by atoms with E-state index in [9.17, 15) is 22.8 Å². The summed E-state index contributed by atoms with van der Waals surface area (Å²) in [6, 6.07) is 4.85. The second kappa shape index (κ2) is 5.11. The summed E-state index contributed by atoms with van der Waals surface area (Å²) in [5.41, 5.74) is 3.68. The van der Waals surface area contributed by atoms with Crippen LogP contribution >= 0.6 is 0 Å². The van der Waals surface area contributed by atoms with E-state index >= 15 is 0 Å². The van der Waals surface area contributed by atoms with Crippen molar-refractivity contribution in [3.8, 4) is 0 Å². The molecule has 3 rings (SSSR count). The summed E-state index contributed by atoms with van der Waals surface area (Å²) in [6.45, 7) is 0. The third kappa shape index (κ3) is 2.65. The van der Waals surface area contributed by atoms with Gasteiger partial charge < -0.3 is 11.1 Å². The van der Waals surface area contributed by atoms with Crippen molar-refractivity contribution in [1.29, 1.82) is 0 Å². The third-order valence-electron chi connectivity index (χ3n) is 3.61. The molecule has 1 unspecified atom stereocenters. The number of hydrogen-bond donors (Lipinski definition) is 3. The van der Waals surface area contributed by atoms with E-state index in [1.807, 2.05) is 0 Å². The van der Waals surface area contributed by atoms with Crippen molar-refractivity contribution in [3.05, 3.63) is 51.3 Å². The lowest BCUT2D eigenvalue weighted by Crippen LogP contribution is -2.32. The highest BCUT2D eigenvalue weighted by atomic mass is 19.4. The van der Waals surface area contributed by atoms with Gasteiger partial charge in [0.2, 0.25) is 11.9 Å². The molecule has 6 nitrogen and oxygen atoms in total. The lowest BCUT2D eigenvalue weighted by atomic mass is 9.84. The second-order valence-corrected chi connectivity index (χ2v) is 5.10. The number of aromatic nitrogens is 2. The molecule has 0 radical (unpaired) electrons. The van der Waals surface area contributed by atoms with E-state index in [0.717, 1.165) is 6.07 Å². The number of alkyl halides is 3. The molecule has 1 aliphatic rings. The fourth-order valence-electron chi connectivity index (χ4n) is 2.71. The zero-order chi connectivity index (χ0) is 16.8. The number of halogens is 3. The van der Waals surface area contributed by atoms with E-state index in [4.69, 9.17) is 5.73 Å². The van der Waals surface area contributed by atoms with Gasteiger partial charge in [0.25, 0.3) is 5.56 Å². The molecular weight excluding hydrogens is 313 g/mol. The Morgan fingerprint density at radius 1 is 1.22 bits per heavy atom. The highest BCUT2D eigenvalue weighted by molar-refractivity contribution is 5.94. The minimum absolute atomic E-state index is 0.0319. The van der Waals surface area contributed by atoms with E-state index in [-0.39, 0.29) is 29.3 Å². The number of aromatic amines is 1. The number of nitrogens with zero attached hydrogens (tertiary/aromatic N) is 1. The third-order valence-corrected chi connectivity index (χ3v) is 3.61. The van der Waals surface area contributed by atoms with Crippen LogP contribution < -0.4 is 16.6 Å². The van der Waals surface area contributed by atoms with E-state index in [1.54, 1.807) is 0 Å². The van der Waals surface area contributed by atoms with Gasteiger partial charge in [-0.3, -0.25) is 14.6 Å². The van der Waals surface area contributed by atoms with Crippen molar-refractivity contribution in [1.82, 2.24) is 9.97 Å². The molecule has 1 atom stereocenters. The molecule has 1 aromatic carbocycles. The molecule has 1 aliphatic heterocycles. The molecule has 120 valence electrons. The summed E-state index contributed by atoms with van der Waals surface area (Å²) in [5.74, 6) is -1.91. The number of carbonyl (C=O) groups is 1. The first kappa shape index (κ1) is 15.1. The topological polar surface area (TPSA) is 101 Å². The predicted octanol–water partition coefficient (Wildman–Crippen LogP) is 1.84. The molecule has 2 aromatic rings. The van der Waals surface area contributed by atoms with Crippen LogP contribution in [0.3, 0.4) is 0 Å². The number of anilines is 2. The van der Waals surface area contributed by atoms with Crippen molar-refractivity contribution in [2.45, 2.75) is 18.5 Å². The number of nitrogen functional groups attached to an aromatic ring is 1. The van der Waals surface area contributed by atoms with Gasteiger partial charge in [-0.15, -0.1) is 0 Å². The average Bonchev–Trinajstić information content (AvgIpc) is 2.44. The number of hydrogen-bond acceptors (Lipinski definition) is 4. The highest BCUT2D eigenvalue weighted by Gasteiger charge is 2.38. The Hall–Kier alpha value is -2.84. The molecular formula is C14H11F3N4O2. The molecule has 0 saturated carbocycles. The molecule has 1 aromatic heterocycles. The maximum atomic E-state index is 13.2. The average molecular weight is 324 g/mol. The number of nitrogens with one attached hydrogen (secondary N) is 2. The number of benzene rings is 1. The van der Waals surface area contributed by atoms with Crippen LogP contribution in [-0.2, 0) is 11.0 Å². The van der Waals surface area contributed by atoms with Gasteiger partial charge in [-0.05, 0) is 11.6 Å². The smallest absolute Gasteiger partial charge is 0.369 e. The number of fused-ring (bicyclic) bond motifs is 1. The van der Waals surface area contributed by atoms with Crippen LogP contribution in [0.15, 0.2) is 29.1 Å². The summed E-state index contributed by atoms with van der Waals surface area (Å²) in [5, 5.41) is 2.37. The van der Waals surface area contributed by atoms with Crippen LogP contribution in [0.2, 0.25) is 0 Å². The quantitative estimate of drug-likeness (QED) is 0.745. The first-order valence-corrected chi connectivity index (χ1v) is 6.63. The summed E-state index contributed by atoms with van der Waals surface area (Å²) >= 11 is 0. The van der Waals surface area contributed by atoms with Gasteiger partial charge in [0.05, 0.1) is 11.1 Å². The largest absolute Gasteiger partial charge is 0.416 e. The summed E-state index contributed by atoms with van der Waals surface area (Å²) in [6.07, 6.45) is -4.88. The van der Waals surface area contributed by atoms with Gasteiger partial charge >= 0.3 is 6.18 Å². The van der Waals surface area contributed by atoms with Crippen molar-refractivity contribution >= 4 is 17.7 Å². The molecule has 1 amide bonds. The SMILES string of the molecule is Nc1nc2c(c(=O)[nH]1)C(c1ccccc1C(F)(F)F)CC(=O)N2. The Labute approximate surface area is 127 Å². The van der Waals surface area contributed by atoms with Gasteiger partial charge in [-0.2, -0.15) is 18.2 Å². The standard InChI is InChI=1S/C14H11F3N4O2/c15-14(16,17)8-4-2-1-3-6(8)7-5-9(22)19-11-10(7)12(23)21-13(18)20-11/h1-4,7H,5H2,(H4,18,19,20,21,22,23). The van der Waals surface area contributed by atoms with Gasteiger partial charge in [-0.25, -0.2) is 0 Å². The van der Waals surface area contributed by atoms with E-state index in [0.29, 0.717) is 0 Å². The normalized spacial score (nSPS) is 17.5. The first-order valence-electron chi connectivity index (χ1n) is 6.63. The number of nitrogens with two attached hydrogens (primary N) is 1. The minimum Gasteiger partial charge on any atom is -0.369 e. The molecule has 23 heavy (non-hydrogen) atoms. The maximum absolute atomic E-state index is 13.2. The van der Waals surface area contributed by atoms with E-state index in [2.05, 4.69) is 15.3 Å². The summed E-state index contributed by atoms with van der Waals surface area (Å²) in [7, 11) is 0. The van der Waals surface area contributed by atoms with Crippen LogP contribution in [0, 0.1) is 0 Å². The van der Waals surface area contributed by atoms with E-state index < -0.39 is 29.1 Å². The van der Waals surface area contributed by atoms with Crippen molar-refractivity contribution in [3.63, 3.8) is 0 Å². The maximum Gasteiger partial charge on any atom is 0.416 e. The number of H-pyrrole nitrogens is 1. The molecule has 0 saturated heterocycles. The first-order chi connectivity index (χ1) is 10.8. The zero-order valence-electron chi connectivity index (χ0n) is 11.6. The van der Waals surface area contributed by atoms with Crippen LogP contribution in [0.25, 0.3) is 0 Å². The number of carbonyl (C=O) groups excluding carboxylic acids is 1. The molecule has 0 spiro atoms. The molecule has 0 aliphatic carbocycles. The van der Waals surface area contributed by atoms with Gasteiger partial charge in [-0.1, -0.05) is 18.2 Å².